The monoisotopic (exact) mass is 281 g/mol. The summed E-state index contributed by atoms with van der Waals surface area (Å²) in [6.07, 6.45) is -0.738. The molecule has 1 unspecified atom stereocenters. The maximum Gasteiger partial charge on any atom is 0.311 e. The number of β-amino-alcohol motifs (C(OH)–C–C–N with tert-alkyl or cyclic N) is 1. The van der Waals surface area contributed by atoms with Crippen molar-refractivity contribution < 1.29 is 14.8 Å². The second-order valence-corrected chi connectivity index (χ2v) is 4.75. The molecule has 1 fully saturated rings. The zero-order valence-electron chi connectivity index (χ0n) is 11.4. The molecule has 1 atom stereocenters. The number of methoxy groups -OCH3 is 1. The van der Waals surface area contributed by atoms with Crippen LogP contribution in [0, 0.1) is 10.1 Å². The van der Waals surface area contributed by atoms with Gasteiger partial charge in [0.05, 0.1) is 18.1 Å². The number of aliphatic hydroxyl groups excluding tert-OH is 1. The number of nitrogens with zero attached hydrogens (tertiary/aromatic N) is 2. The average Bonchev–Trinajstić information content (AvgIpc) is 2.47. The minimum Gasteiger partial charge on any atom is -0.490 e. The van der Waals surface area contributed by atoms with Crippen LogP contribution in [0.1, 0.15) is 11.7 Å². The summed E-state index contributed by atoms with van der Waals surface area (Å²) in [7, 11) is 1.39. The van der Waals surface area contributed by atoms with Crippen LogP contribution in [0.4, 0.5) is 5.69 Å². The Labute approximate surface area is 117 Å². The highest BCUT2D eigenvalue weighted by Crippen LogP contribution is 2.30. The summed E-state index contributed by atoms with van der Waals surface area (Å²) < 4.78 is 4.95. The molecule has 7 heteroatoms. The van der Waals surface area contributed by atoms with Gasteiger partial charge in [-0.05, 0) is 11.6 Å². The van der Waals surface area contributed by atoms with Gasteiger partial charge in [0.25, 0.3) is 0 Å². The molecule has 1 saturated heterocycles. The molecule has 0 saturated carbocycles. The fourth-order valence-electron chi connectivity index (χ4n) is 2.30. The van der Waals surface area contributed by atoms with Crippen molar-refractivity contribution in [3.05, 3.63) is 33.9 Å². The minimum absolute atomic E-state index is 0.121. The first-order valence-electron chi connectivity index (χ1n) is 6.55. The Bertz CT molecular complexity index is 475. The zero-order valence-corrected chi connectivity index (χ0v) is 11.4. The van der Waals surface area contributed by atoms with Crippen LogP contribution in [0.3, 0.4) is 0 Å². The predicted octanol–water partition coefficient (Wildman–Crippen LogP) is 0.542. The molecule has 0 aliphatic carbocycles. The van der Waals surface area contributed by atoms with Crippen molar-refractivity contribution in [1.29, 1.82) is 0 Å². The number of nitro groups is 1. The third-order valence-corrected chi connectivity index (χ3v) is 3.43. The Balaban J connectivity index is 2.10. The van der Waals surface area contributed by atoms with Gasteiger partial charge in [0.1, 0.15) is 0 Å². The molecule has 1 aromatic rings. The molecule has 1 aliphatic heterocycles. The summed E-state index contributed by atoms with van der Waals surface area (Å²) in [5, 5.41) is 24.4. The topological polar surface area (TPSA) is 87.9 Å². The number of piperazine rings is 1. The van der Waals surface area contributed by atoms with Crippen LogP contribution in [0.25, 0.3) is 0 Å². The Morgan fingerprint density at radius 1 is 1.50 bits per heavy atom. The molecule has 20 heavy (non-hydrogen) atoms. The van der Waals surface area contributed by atoms with Crippen molar-refractivity contribution in [3.8, 4) is 5.75 Å². The maximum absolute atomic E-state index is 11.0. The molecule has 2 rings (SSSR count). The van der Waals surface area contributed by atoms with Gasteiger partial charge in [0, 0.05) is 38.8 Å². The molecule has 7 nitrogen and oxygen atoms in total. The van der Waals surface area contributed by atoms with E-state index in [1.54, 1.807) is 6.07 Å². The van der Waals surface area contributed by atoms with E-state index in [1.807, 2.05) is 0 Å². The van der Waals surface area contributed by atoms with E-state index in [-0.39, 0.29) is 11.4 Å². The highest BCUT2D eigenvalue weighted by atomic mass is 16.6. The molecular weight excluding hydrogens is 262 g/mol. The van der Waals surface area contributed by atoms with Crippen molar-refractivity contribution in [2.24, 2.45) is 0 Å². The summed E-state index contributed by atoms with van der Waals surface area (Å²) in [6, 6.07) is 4.57. The number of ether oxygens (including phenoxy) is 1. The Hall–Kier alpha value is -1.70. The summed E-state index contributed by atoms with van der Waals surface area (Å²) in [5.74, 6) is 0.202. The van der Waals surface area contributed by atoms with Crippen LogP contribution in [-0.2, 0) is 0 Å². The van der Waals surface area contributed by atoms with Crippen LogP contribution in [0.2, 0.25) is 0 Å². The highest BCUT2D eigenvalue weighted by Gasteiger charge is 2.20. The van der Waals surface area contributed by atoms with Crippen LogP contribution in [0.5, 0.6) is 5.75 Å². The van der Waals surface area contributed by atoms with Crippen molar-refractivity contribution in [2.45, 2.75) is 6.10 Å². The predicted molar refractivity (Wildman–Crippen MR) is 73.9 cm³/mol. The molecule has 0 aromatic heterocycles. The number of aliphatic hydroxyl groups is 1. The first-order valence-corrected chi connectivity index (χ1v) is 6.55. The molecule has 0 bridgehead atoms. The summed E-state index contributed by atoms with van der Waals surface area (Å²) in [4.78, 5) is 12.6. The van der Waals surface area contributed by atoms with Gasteiger partial charge >= 0.3 is 5.69 Å². The third kappa shape index (κ3) is 3.44. The first-order chi connectivity index (χ1) is 9.61. The van der Waals surface area contributed by atoms with E-state index in [9.17, 15) is 15.2 Å². The quantitative estimate of drug-likeness (QED) is 0.605. The maximum atomic E-state index is 11.0. The number of nitrogens with one attached hydrogen (secondary N) is 1. The van der Waals surface area contributed by atoms with Gasteiger partial charge in [-0.3, -0.25) is 15.0 Å². The Morgan fingerprint density at radius 2 is 2.20 bits per heavy atom. The Morgan fingerprint density at radius 3 is 2.80 bits per heavy atom. The standard InChI is InChI=1S/C13H19N3O4/c1-20-13-3-2-10(8-11(13)16(18)19)12(17)9-15-6-4-14-5-7-15/h2-3,8,12,14,17H,4-7,9H2,1H3. The molecule has 0 spiro atoms. The van der Waals surface area contributed by atoms with E-state index >= 15 is 0 Å². The number of nitro benzene ring substituents is 1. The highest BCUT2D eigenvalue weighted by molar-refractivity contribution is 5.49. The summed E-state index contributed by atoms with van der Waals surface area (Å²) in [5.41, 5.74) is 0.417. The van der Waals surface area contributed by atoms with Crippen molar-refractivity contribution >= 4 is 5.69 Å². The smallest absolute Gasteiger partial charge is 0.311 e. The summed E-state index contributed by atoms with van der Waals surface area (Å²) in [6.45, 7) is 4.01. The van der Waals surface area contributed by atoms with E-state index < -0.39 is 11.0 Å². The molecule has 1 heterocycles. The number of benzene rings is 1. The number of rotatable bonds is 5. The number of hydrogen-bond acceptors (Lipinski definition) is 6. The van der Waals surface area contributed by atoms with Gasteiger partial charge in [0.2, 0.25) is 0 Å². The normalized spacial score (nSPS) is 17.7. The van der Waals surface area contributed by atoms with Crippen LogP contribution < -0.4 is 10.1 Å². The summed E-state index contributed by atoms with van der Waals surface area (Å²) >= 11 is 0. The molecule has 2 N–H and O–H groups in total. The molecule has 1 aromatic carbocycles. The van der Waals surface area contributed by atoms with Gasteiger partial charge in [-0.25, -0.2) is 0 Å². The van der Waals surface area contributed by atoms with E-state index in [2.05, 4.69) is 10.2 Å². The largest absolute Gasteiger partial charge is 0.490 e. The molecule has 0 amide bonds. The van der Waals surface area contributed by atoms with Gasteiger partial charge < -0.3 is 15.2 Å². The number of hydrogen-bond donors (Lipinski definition) is 2. The lowest BCUT2D eigenvalue weighted by molar-refractivity contribution is -0.385. The van der Waals surface area contributed by atoms with E-state index in [0.29, 0.717) is 12.1 Å². The molecule has 0 radical (unpaired) electrons. The zero-order chi connectivity index (χ0) is 14.5. The lowest BCUT2D eigenvalue weighted by Gasteiger charge is -2.29. The van der Waals surface area contributed by atoms with Crippen LogP contribution >= 0.6 is 0 Å². The third-order valence-electron chi connectivity index (χ3n) is 3.43. The Kier molecular flexibility index (Phi) is 4.89. The van der Waals surface area contributed by atoms with Crippen molar-refractivity contribution in [3.63, 3.8) is 0 Å². The second-order valence-electron chi connectivity index (χ2n) is 4.75. The van der Waals surface area contributed by atoms with E-state index in [4.69, 9.17) is 4.74 Å². The molecule has 110 valence electrons. The van der Waals surface area contributed by atoms with Gasteiger partial charge in [-0.1, -0.05) is 6.07 Å². The van der Waals surface area contributed by atoms with Gasteiger partial charge in [-0.15, -0.1) is 0 Å². The van der Waals surface area contributed by atoms with Gasteiger partial charge in [-0.2, -0.15) is 0 Å². The fraction of sp³-hybridized carbons (Fsp3) is 0.538. The molecule has 1 aliphatic rings. The fourth-order valence-corrected chi connectivity index (χ4v) is 2.30. The average molecular weight is 281 g/mol. The van der Waals surface area contributed by atoms with E-state index in [0.717, 1.165) is 26.2 Å². The second kappa shape index (κ2) is 6.65. The lowest BCUT2D eigenvalue weighted by atomic mass is 10.1. The van der Waals surface area contributed by atoms with Gasteiger partial charge in [0.15, 0.2) is 5.75 Å². The van der Waals surface area contributed by atoms with Crippen LogP contribution in [-0.4, -0.2) is 54.8 Å². The van der Waals surface area contributed by atoms with Crippen molar-refractivity contribution in [1.82, 2.24) is 10.2 Å². The minimum atomic E-state index is -0.738. The molecular formula is C13H19N3O4. The lowest BCUT2D eigenvalue weighted by Crippen LogP contribution is -2.44. The van der Waals surface area contributed by atoms with Crippen LogP contribution in [0.15, 0.2) is 18.2 Å². The SMILES string of the molecule is COc1ccc(C(O)CN2CCNCC2)cc1[N+](=O)[O-]. The first kappa shape index (κ1) is 14.7. The van der Waals surface area contributed by atoms with E-state index in [1.165, 1.54) is 19.2 Å². The van der Waals surface area contributed by atoms with Crippen molar-refractivity contribution in [2.75, 3.05) is 39.8 Å².